The Labute approximate surface area is 299 Å². The van der Waals surface area contributed by atoms with Crippen molar-refractivity contribution in [3.05, 3.63) is 190 Å². The number of aryl methyl sites for hydroxylation is 1. The minimum Gasteiger partial charge on any atom is -0.0989 e. The molecule has 0 aromatic heterocycles. The molecule has 0 bridgehead atoms. The summed E-state index contributed by atoms with van der Waals surface area (Å²) in [5.41, 5.74) is 18.4. The van der Waals surface area contributed by atoms with E-state index in [2.05, 4.69) is 181 Å². The van der Waals surface area contributed by atoms with Gasteiger partial charge in [-0.15, -0.1) is 0 Å². The van der Waals surface area contributed by atoms with Gasteiger partial charge < -0.3 is 0 Å². The van der Waals surface area contributed by atoms with Crippen molar-refractivity contribution in [2.45, 2.75) is 65.7 Å². The summed E-state index contributed by atoms with van der Waals surface area (Å²) in [5, 5.41) is 2.66. The quantitative estimate of drug-likeness (QED) is 0.116. The SMILES string of the molecule is C=C(C)C(C)(C1=CC=C(c2c(C)c(C)c(-c3ccc(C=Cc4ccc(C5=CC=CCC5)cc4)cc3)c3ccccc23)CC1)c1ccccc1C. The summed E-state index contributed by atoms with van der Waals surface area (Å²) < 4.78 is 0. The van der Waals surface area contributed by atoms with E-state index < -0.39 is 0 Å². The highest BCUT2D eigenvalue weighted by atomic mass is 14.4. The molecule has 0 heteroatoms. The summed E-state index contributed by atoms with van der Waals surface area (Å²) in [5.74, 6) is 0. The zero-order valence-corrected chi connectivity index (χ0v) is 30.3. The van der Waals surface area contributed by atoms with Crippen molar-refractivity contribution >= 4 is 34.1 Å². The first-order chi connectivity index (χ1) is 24.3. The van der Waals surface area contributed by atoms with Crippen LogP contribution in [0.2, 0.25) is 0 Å². The third-order valence-corrected chi connectivity index (χ3v) is 11.4. The van der Waals surface area contributed by atoms with Crippen molar-refractivity contribution in [1.29, 1.82) is 0 Å². The standard InChI is InChI=1S/C50H48/c1-34(2)50(6,47-19-13-10-14-35(47)3)44-32-30-43(31-33-44)49-37(5)36(4)48(45-17-11-12-18-46(45)49)42-28-24-39(25-29-42)21-20-38-22-26-41(27-23-38)40-15-8-7-9-16-40/h7-8,10-15,17-30,32H,1,9,16,31,33H2,2-6H3. The Morgan fingerprint density at radius 1 is 0.620 bits per heavy atom. The van der Waals surface area contributed by atoms with Crippen LogP contribution in [-0.4, -0.2) is 0 Å². The van der Waals surface area contributed by atoms with E-state index in [4.69, 9.17) is 0 Å². The maximum absolute atomic E-state index is 4.48. The minimum atomic E-state index is -0.180. The van der Waals surface area contributed by atoms with Gasteiger partial charge >= 0.3 is 0 Å². The third kappa shape index (κ3) is 6.20. The summed E-state index contributed by atoms with van der Waals surface area (Å²) in [7, 11) is 0. The molecule has 0 N–H and O–H groups in total. The van der Waals surface area contributed by atoms with Gasteiger partial charge in [0.05, 0.1) is 0 Å². The van der Waals surface area contributed by atoms with Gasteiger partial charge in [-0.05, 0) is 138 Å². The fraction of sp³-hybridized carbons (Fsp3) is 0.200. The number of fused-ring (bicyclic) bond motifs is 1. The van der Waals surface area contributed by atoms with Gasteiger partial charge in [-0.3, -0.25) is 0 Å². The first-order valence-electron chi connectivity index (χ1n) is 18.1. The summed E-state index contributed by atoms with van der Waals surface area (Å²) >= 11 is 0. The molecule has 248 valence electrons. The highest BCUT2D eigenvalue weighted by Crippen LogP contribution is 2.46. The largest absolute Gasteiger partial charge is 0.0989 e. The van der Waals surface area contributed by atoms with E-state index in [1.807, 2.05) is 0 Å². The van der Waals surface area contributed by atoms with Crippen LogP contribution in [0.5, 0.6) is 0 Å². The van der Waals surface area contributed by atoms with Crippen molar-refractivity contribution in [1.82, 2.24) is 0 Å². The molecule has 0 spiro atoms. The van der Waals surface area contributed by atoms with Crippen LogP contribution in [0.3, 0.4) is 0 Å². The molecule has 0 fully saturated rings. The van der Waals surface area contributed by atoms with Gasteiger partial charge in [0.1, 0.15) is 0 Å². The topological polar surface area (TPSA) is 0 Å². The Morgan fingerprint density at radius 2 is 1.22 bits per heavy atom. The van der Waals surface area contributed by atoms with Gasteiger partial charge in [0.2, 0.25) is 0 Å². The number of hydrogen-bond donors (Lipinski definition) is 0. The molecule has 5 aromatic carbocycles. The van der Waals surface area contributed by atoms with Gasteiger partial charge in [-0.25, -0.2) is 0 Å². The van der Waals surface area contributed by atoms with Crippen LogP contribution in [-0.2, 0) is 5.41 Å². The van der Waals surface area contributed by atoms with E-state index in [1.165, 1.54) is 88.7 Å². The fourth-order valence-corrected chi connectivity index (χ4v) is 8.16. The average molecular weight is 649 g/mol. The zero-order chi connectivity index (χ0) is 34.8. The molecule has 5 aromatic rings. The molecule has 7 rings (SSSR count). The Balaban J connectivity index is 1.19. The summed E-state index contributed by atoms with van der Waals surface area (Å²) in [6, 6.07) is 35.8. The number of benzene rings is 5. The molecule has 0 amide bonds. The normalized spacial score (nSPS) is 15.8. The zero-order valence-electron chi connectivity index (χ0n) is 30.3. The first kappa shape index (κ1) is 33.3. The molecular formula is C50H48. The molecule has 1 unspecified atom stereocenters. The lowest BCUT2D eigenvalue weighted by Gasteiger charge is -2.37. The maximum atomic E-state index is 4.48. The van der Waals surface area contributed by atoms with Gasteiger partial charge in [0, 0.05) is 5.41 Å². The Morgan fingerprint density at radius 3 is 1.80 bits per heavy atom. The Bertz CT molecular complexity index is 2240. The molecule has 0 saturated carbocycles. The van der Waals surface area contributed by atoms with E-state index in [9.17, 15) is 0 Å². The van der Waals surface area contributed by atoms with E-state index in [0.29, 0.717) is 0 Å². The van der Waals surface area contributed by atoms with Gasteiger partial charge in [0.15, 0.2) is 0 Å². The van der Waals surface area contributed by atoms with Crippen molar-refractivity contribution < 1.29 is 0 Å². The van der Waals surface area contributed by atoms with Crippen LogP contribution in [0, 0.1) is 20.8 Å². The lowest BCUT2D eigenvalue weighted by Crippen LogP contribution is -2.28. The summed E-state index contributed by atoms with van der Waals surface area (Å²) in [4.78, 5) is 0. The fourth-order valence-electron chi connectivity index (χ4n) is 8.16. The minimum absolute atomic E-state index is 0.180. The van der Waals surface area contributed by atoms with Crippen molar-refractivity contribution in [2.24, 2.45) is 0 Å². The molecule has 50 heavy (non-hydrogen) atoms. The molecule has 0 radical (unpaired) electrons. The van der Waals surface area contributed by atoms with Crippen LogP contribution in [0.25, 0.3) is 45.2 Å². The predicted octanol–water partition coefficient (Wildman–Crippen LogP) is 14.0. The highest BCUT2D eigenvalue weighted by Gasteiger charge is 2.34. The number of rotatable bonds is 8. The molecule has 2 aliphatic carbocycles. The number of hydrogen-bond acceptors (Lipinski definition) is 0. The second kappa shape index (κ2) is 14.0. The molecule has 0 nitrogen and oxygen atoms in total. The smallest absolute Gasteiger partial charge is 0.0342 e. The van der Waals surface area contributed by atoms with E-state index in [1.54, 1.807) is 0 Å². The van der Waals surface area contributed by atoms with Crippen LogP contribution >= 0.6 is 0 Å². The summed E-state index contributed by atoms with van der Waals surface area (Å²) in [6.45, 7) is 15.9. The molecule has 0 aliphatic heterocycles. The third-order valence-electron chi connectivity index (χ3n) is 11.4. The van der Waals surface area contributed by atoms with Crippen LogP contribution in [0.1, 0.15) is 84.0 Å². The molecule has 0 heterocycles. The predicted molar refractivity (Wildman–Crippen MR) is 219 cm³/mol. The van der Waals surface area contributed by atoms with Crippen LogP contribution < -0.4 is 0 Å². The van der Waals surface area contributed by atoms with Crippen LogP contribution in [0.4, 0.5) is 0 Å². The number of allylic oxidation sites excluding steroid dienone is 9. The summed E-state index contributed by atoms with van der Waals surface area (Å²) in [6.07, 6.45) is 20.2. The van der Waals surface area contributed by atoms with E-state index >= 15 is 0 Å². The van der Waals surface area contributed by atoms with Gasteiger partial charge in [-0.2, -0.15) is 0 Å². The maximum Gasteiger partial charge on any atom is 0.0342 e. The van der Waals surface area contributed by atoms with E-state index in [0.717, 1.165) is 25.7 Å². The molecular weight excluding hydrogens is 601 g/mol. The van der Waals surface area contributed by atoms with Crippen molar-refractivity contribution in [3.8, 4) is 11.1 Å². The highest BCUT2D eigenvalue weighted by molar-refractivity contribution is 6.05. The monoisotopic (exact) mass is 648 g/mol. The van der Waals surface area contributed by atoms with Gasteiger partial charge in [0.25, 0.3) is 0 Å². The van der Waals surface area contributed by atoms with Crippen molar-refractivity contribution in [3.63, 3.8) is 0 Å². The second-order valence-corrected chi connectivity index (χ2v) is 14.4. The lowest BCUT2D eigenvalue weighted by molar-refractivity contribution is 0.619. The van der Waals surface area contributed by atoms with E-state index in [-0.39, 0.29) is 5.41 Å². The van der Waals surface area contributed by atoms with Gasteiger partial charge in [-0.1, -0.05) is 157 Å². The molecule has 1 atom stereocenters. The molecule has 2 aliphatic rings. The lowest BCUT2D eigenvalue weighted by atomic mass is 9.67. The van der Waals surface area contributed by atoms with Crippen LogP contribution in [0.15, 0.2) is 145 Å². The second-order valence-electron chi connectivity index (χ2n) is 14.4. The average Bonchev–Trinajstić information content (AvgIpc) is 3.15. The first-order valence-corrected chi connectivity index (χ1v) is 18.1. The Kier molecular flexibility index (Phi) is 9.30. The Hall–Kier alpha value is -5.20. The molecule has 0 saturated heterocycles. The van der Waals surface area contributed by atoms with Crippen molar-refractivity contribution in [2.75, 3.05) is 0 Å².